The van der Waals surface area contributed by atoms with Crippen molar-refractivity contribution in [3.05, 3.63) is 63.3 Å². The van der Waals surface area contributed by atoms with Gasteiger partial charge in [-0.15, -0.1) is 22.7 Å². The maximum absolute atomic E-state index is 12.5. The fraction of sp³-hybridized carbons (Fsp3) is 0.273. The number of ether oxygens (including phenoxy) is 1. The second kappa shape index (κ2) is 9.40. The lowest BCUT2D eigenvalue weighted by Gasteiger charge is -2.34. The molecule has 0 saturated carbocycles. The summed E-state index contributed by atoms with van der Waals surface area (Å²) in [7, 11) is 0. The average molecular weight is 456 g/mol. The van der Waals surface area contributed by atoms with E-state index in [4.69, 9.17) is 4.74 Å². The molecular weight excluding hydrogens is 434 g/mol. The molecule has 4 rings (SSSR count). The van der Waals surface area contributed by atoms with Gasteiger partial charge in [0, 0.05) is 31.7 Å². The number of hydrogen-bond donors (Lipinski definition) is 0. The number of nitrogens with zero attached hydrogens (tertiary/aromatic N) is 3. The molecule has 1 aliphatic rings. The minimum Gasteiger partial charge on any atom is -0.451 e. The molecule has 1 aromatic carbocycles. The normalized spacial score (nSPS) is 13.8. The molecule has 3 aromatic rings. The highest BCUT2D eigenvalue weighted by Gasteiger charge is 2.26. The van der Waals surface area contributed by atoms with Crippen molar-refractivity contribution >= 4 is 40.5 Å². The van der Waals surface area contributed by atoms with Gasteiger partial charge in [0.2, 0.25) is 0 Å². The number of piperazine rings is 1. The first-order valence-electron chi connectivity index (χ1n) is 9.83. The number of thiazole rings is 1. The standard InChI is InChI=1S/C22H21N3O4S2/c1-15-19(31-20(23-15)16-6-3-2-4-7-16)22(28)29-14-18(26)24-9-11-25(12-10-24)21(27)17-8-5-13-30-17/h2-8,13H,9-12,14H2,1H3. The summed E-state index contributed by atoms with van der Waals surface area (Å²) in [6.07, 6.45) is 0. The third kappa shape index (κ3) is 4.83. The van der Waals surface area contributed by atoms with Crippen LogP contribution in [-0.2, 0) is 9.53 Å². The highest BCUT2D eigenvalue weighted by atomic mass is 32.1. The van der Waals surface area contributed by atoms with Crippen molar-refractivity contribution in [3.8, 4) is 10.6 Å². The fourth-order valence-electron chi connectivity index (χ4n) is 3.29. The first-order chi connectivity index (χ1) is 15.0. The van der Waals surface area contributed by atoms with E-state index in [1.807, 2.05) is 41.8 Å². The Morgan fingerprint density at radius 2 is 1.71 bits per heavy atom. The van der Waals surface area contributed by atoms with Gasteiger partial charge in [-0.2, -0.15) is 0 Å². The van der Waals surface area contributed by atoms with Gasteiger partial charge < -0.3 is 14.5 Å². The Labute approximate surface area is 187 Å². The quantitative estimate of drug-likeness (QED) is 0.552. The van der Waals surface area contributed by atoms with Gasteiger partial charge in [-0.3, -0.25) is 9.59 Å². The smallest absolute Gasteiger partial charge is 0.350 e. The van der Waals surface area contributed by atoms with Crippen molar-refractivity contribution in [3.63, 3.8) is 0 Å². The number of hydrogen-bond acceptors (Lipinski definition) is 7. The first-order valence-corrected chi connectivity index (χ1v) is 11.5. The maximum Gasteiger partial charge on any atom is 0.350 e. The van der Waals surface area contributed by atoms with Crippen LogP contribution in [0.2, 0.25) is 0 Å². The van der Waals surface area contributed by atoms with Crippen molar-refractivity contribution in [2.45, 2.75) is 6.92 Å². The van der Waals surface area contributed by atoms with E-state index in [-0.39, 0.29) is 18.4 Å². The molecule has 0 N–H and O–H groups in total. The number of benzene rings is 1. The van der Waals surface area contributed by atoms with E-state index < -0.39 is 5.97 Å². The van der Waals surface area contributed by atoms with Gasteiger partial charge in [0.25, 0.3) is 11.8 Å². The molecule has 0 spiro atoms. The van der Waals surface area contributed by atoms with Gasteiger partial charge >= 0.3 is 5.97 Å². The van der Waals surface area contributed by atoms with Gasteiger partial charge in [0.1, 0.15) is 9.88 Å². The zero-order chi connectivity index (χ0) is 21.8. The molecule has 160 valence electrons. The van der Waals surface area contributed by atoms with E-state index in [0.717, 1.165) is 10.6 Å². The minimum atomic E-state index is -0.544. The summed E-state index contributed by atoms with van der Waals surface area (Å²) < 4.78 is 5.27. The highest BCUT2D eigenvalue weighted by molar-refractivity contribution is 7.17. The molecule has 7 nitrogen and oxygen atoms in total. The molecule has 1 saturated heterocycles. The van der Waals surface area contributed by atoms with Gasteiger partial charge in [-0.1, -0.05) is 36.4 Å². The van der Waals surface area contributed by atoms with Crippen molar-refractivity contribution in [2.24, 2.45) is 0 Å². The van der Waals surface area contributed by atoms with Crippen molar-refractivity contribution in [1.82, 2.24) is 14.8 Å². The Hall–Kier alpha value is -3.04. The maximum atomic E-state index is 12.5. The van der Waals surface area contributed by atoms with Gasteiger partial charge in [0.05, 0.1) is 10.6 Å². The zero-order valence-corrected chi connectivity index (χ0v) is 18.6. The van der Waals surface area contributed by atoms with E-state index in [1.165, 1.54) is 22.7 Å². The number of carbonyl (C=O) groups excluding carboxylic acids is 3. The molecule has 2 aromatic heterocycles. The molecule has 2 amide bonds. The number of aromatic nitrogens is 1. The van der Waals surface area contributed by atoms with E-state index in [0.29, 0.717) is 41.6 Å². The van der Waals surface area contributed by atoms with E-state index in [9.17, 15) is 14.4 Å². The van der Waals surface area contributed by atoms with Crippen LogP contribution in [0.5, 0.6) is 0 Å². The number of aryl methyl sites for hydroxylation is 1. The second-order valence-electron chi connectivity index (χ2n) is 7.03. The molecule has 0 radical (unpaired) electrons. The summed E-state index contributed by atoms with van der Waals surface area (Å²) in [5.41, 5.74) is 1.52. The van der Waals surface area contributed by atoms with Crippen LogP contribution in [0.4, 0.5) is 0 Å². The third-order valence-electron chi connectivity index (χ3n) is 4.98. The Morgan fingerprint density at radius 1 is 1.00 bits per heavy atom. The number of carbonyl (C=O) groups is 3. The molecule has 0 atom stereocenters. The summed E-state index contributed by atoms with van der Waals surface area (Å²) in [4.78, 5) is 46.3. The van der Waals surface area contributed by atoms with Crippen molar-refractivity contribution < 1.29 is 19.1 Å². The predicted octanol–water partition coefficient (Wildman–Crippen LogP) is 3.32. The van der Waals surface area contributed by atoms with Gasteiger partial charge in [-0.25, -0.2) is 9.78 Å². The molecule has 1 aliphatic heterocycles. The van der Waals surface area contributed by atoms with E-state index in [2.05, 4.69) is 4.98 Å². The fourth-order valence-corrected chi connectivity index (χ4v) is 4.95. The Morgan fingerprint density at radius 3 is 2.39 bits per heavy atom. The van der Waals surface area contributed by atoms with E-state index in [1.54, 1.807) is 22.8 Å². The molecule has 0 bridgehead atoms. The number of thiophene rings is 1. The van der Waals surface area contributed by atoms with Gasteiger partial charge in [-0.05, 0) is 18.4 Å². The molecule has 1 fully saturated rings. The number of amides is 2. The number of rotatable bonds is 5. The second-order valence-corrected chi connectivity index (χ2v) is 8.97. The third-order valence-corrected chi connectivity index (χ3v) is 7.03. The summed E-state index contributed by atoms with van der Waals surface area (Å²) in [5, 5.41) is 2.61. The summed E-state index contributed by atoms with van der Waals surface area (Å²) in [6.45, 7) is 3.20. The molecular formula is C22H21N3O4S2. The Balaban J connectivity index is 1.29. The topological polar surface area (TPSA) is 79.8 Å². The van der Waals surface area contributed by atoms with Crippen LogP contribution >= 0.6 is 22.7 Å². The molecule has 0 unspecified atom stereocenters. The van der Waals surface area contributed by atoms with Crippen molar-refractivity contribution in [2.75, 3.05) is 32.8 Å². The first kappa shape index (κ1) is 21.2. The largest absolute Gasteiger partial charge is 0.451 e. The average Bonchev–Trinajstić information content (AvgIpc) is 3.48. The minimum absolute atomic E-state index is 0.0107. The Bertz CT molecular complexity index is 1070. The molecule has 9 heteroatoms. The van der Waals surface area contributed by atoms with Crippen molar-refractivity contribution in [1.29, 1.82) is 0 Å². The summed E-state index contributed by atoms with van der Waals surface area (Å²) in [5.74, 6) is -0.817. The van der Waals surface area contributed by atoms with Crippen LogP contribution in [0.1, 0.15) is 25.0 Å². The molecule has 0 aliphatic carbocycles. The van der Waals surface area contributed by atoms with Crippen LogP contribution in [0.15, 0.2) is 47.8 Å². The Kier molecular flexibility index (Phi) is 6.43. The van der Waals surface area contributed by atoms with Crippen LogP contribution in [0.25, 0.3) is 10.6 Å². The summed E-state index contributed by atoms with van der Waals surface area (Å²) >= 11 is 2.67. The van der Waals surface area contributed by atoms with E-state index >= 15 is 0 Å². The SMILES string of the molecule is Cc1nc(-c2ccccc2)sc1C(=O)OCC(=O)N1CCN(C(=O)c2cccs2)CC1. The van der Waals surface area contributed by atoms with Crippen LogP contribution in [0.3, 0.4) is 0 Å². The molecule has 31 heavy (non-hydrogen) atoms. The van der Waals surface area contributed by atoms with Crippen LogP contribution < -0.4 is 0 Å². The monoisotopic (exact) mass is 455 g/mol. The highest BCUT2D eigenvalue weighted by Crippen LogP contribution is 2.28. The van der Waals surface area contributed by atoms with Crippen LogP contribution in [0, 0.1) is 6.92 Å². The zero-order valence-electron chi connectivity index (χ0n) is 16.9. The lowest BCUT2D eigenvalue weighted by molar-refractivity contribution is -0.136. The predicted molar refractivity (Wildman–Crippen MR) is 119 cm³/mol. The van der Waals surface area contributed by atoms with Gasteiger partial charge in [0.15, 0.2) is 6.61 Å². The lowest BCUT2D eigenvalue weighted by atomic mass is 10.2. The lowest BCUT2D eigenvalue weighted by Crippen LogP contribution is -2.51. The van der Waals surface area contributed by atoms with Crippen LogP contribution in [-0.4, -0.2) is 65.4 Å². The number of esters is 1. The summed E-state index contributed by atoms with van der Waals surface area (Å²) in [6, 6.07) is 13.3. The molecule has 3 heterocycles.